The van der Waals surface area contributed by atoms with Gasteiger partial charge in [-0.05, 0) is 37.8 Å². The van der Waals surface area contributed by atoms with E-state index in [9.17, 15) is 9.59 Å². The Labute approximate surface area is 183 Å². The fourth-order valence-corrected chi connectivity index (χ4v) is 5.09. The maximum atomic E-state index is 13.1. The maximum absolute atomic E-state index is 13.1. The van der Waals surface area contributed by atoms with Crippen LogP contribution in [-0.2, 0) is 11.8 Å². The van der Waals surface area contributed by atoms with Crippen molar-refractivity contribution in [3.63, 3.8) is 0 Å². The summed E-state index contributed by atoms with van der Waals surface area (Å²) in [6.45, 7) is 1.16. The normalized spacial score (nSPS) is 17.1. The minimum absolute atomic E-state index is 0.0511. The zero-order valence-electron chi connectivity index (χ0n) is 17.4. The smallest absolute Gasteiger partial charge is 0.293 e. The number of piperidine rings is 1. The molecule has 8 heteroatoms. The largest absolute Gasteiger partial charge is 0.348 e. The van der Waals surface area contributed by atoms with Gasteiger partial charge in [-0.2, -0.15) is 0 Å². The van der Waals surface area contributed by atoms with Crippen LogP contribution in [-0.4, -0.2) is 44.0 Å². The number of hydrogen-bond donors (Lipinski definition) is 1. The van der Waals surface area contributed by atoms with Gasteiger partial charge in [-0.25, -0.2) is 9.97 Å². The van der Waals surface area contributed by atoms with Gasteiger partial charge >= 0.3 is 0 Å². The molecule has 6 rings (SSSR count). The Morgan fingerprint density at radius 2 is 1.88 bits per heavy atom. The minimum Gasteiger partial charge on any atom is -0.348 e. The lowest BCUT2D eigenvalue weighted by Crippen LogP contribution is -2.44. The Kier molecular flexibility index (Phi) is 4.21. The number of benzene rings is 1. The third-order valence-corrected chi connectivity index (χ3v) is 6.88. The number of pyridine rings is 1. The molecule has 2 aliphatic rings. The number of aromatic amines is 1. The Hall–Kier alpha value is -3.81. The molecule has 0 unspecified atom stereocenters. The van der Waals surface area contributed by atoms with E-state index in [1.807, 2.05) is 35.2 Å². The van der Waals surface area contributed by atoms with Crippen LogP contribution in [0.5, 0.6) is 0 Å². The second-order valence-electron chi connectivity index (χ2n) is 8.57. The summed E-state index contributed by atoms with van der Waals surface area (Å²) in [6, 6.07) is 13.3. The van der Waals surface area contributed by atoms with Crippen molar-refractivity contribution >= 4 is 16.9 Å². The van der Waals surface area contributed by atoms with Gasteiger partial charge in [0.2, 0.25) is 11.4 Å². The van der Waals surface area contributed by atoms with Crippen LogP contribution in [0.2, 0.25) is 0 Å². The molecule has 4 heterocycles. The molecule has 1 aliphatic carbocycles. The molecule has 1 aromatic carbocycles. The number of carbonyl (C=O) groups excluding carboxylic acids is 1. The van der Waals surface area contributed by atoms with Gasteiger partial charge in [0.15, 0.2) is 0 Å². The highest BCUT2D eigenvalue weighted by atomic mass is 16.5. The number of amides is 1. The van der Waals surface area contributed by atoms with Crippen LogP contribution in [0.25, 0.3) is 22.4 Å². The second-order valence-corrected chi connectivity index (χ2v) is 8.57. The SMILES string of the molecule is O=C(c1onc2ncccc12)N1CCC2(CCc3c2nc(-c2ccccc2)[nH]c3=O)CC1. The van der Waals surface area contributed by atoms with Crippen molar-refractivity contribution in [1.82, 2.24) is 25.0 Å². The van der Waals surface area contributed by atoms with Crippen LogP contribution in [0.15, 0.2) is 58.0 Å². The summed E-state index contributed by atoms with van der Waals surface area (Å²) in [5, 5.41) is 4.53. The number of rotatable bonds is 2. The molecule has 1 saturated heterocycles. The molecule has 1 aliphatic heterocycles. The van der Waals surface area contributed by atoms with E-state index >= 15 is 0 Å². The van der Waals surface area contributed by atoms with E-state index in [4.69, 9.17) is 9.51 Å². The van der Waals surface area contributed by atoms with Crippen molar-refractivity contribution in [2.24, 2.45) is 0 Å². The third kappa shape index (κ3) is 2.86. The maximum Gasteiger partial charge on any atom is 0.293 e. The summed E-state index contributed by atoms with van der Waals surface area (Å²) in [5.74, 6) is 0.670. The molecular weight excluding hydrogens is 406 g/mol. The van der Waals surface area contributed by atoms with E-state index in [-0.39, 0.29) is 22.6 Å². The number of H-pyrrole nitrogens is 1. The van der Waals surface area contributed by atoms with Crippen molar-refractivity contribution in [1.29, 1.82) is 0 Å². The summed E-state index contributed by atoms with van der Waals surface area (Å²) in [4.78, 5) is 39.7. The Morgan fingerprint density at radius 3 is 2.69 bits per heavy atom. The van der Waals surface area contributed by atoms with Gasteiger partial charge in [-0.15, -0.1) is 0 Å². The van der Waals surface area contributed by atoms with E-state index < -0.39 is 0 Å². The summed E-state index contributed by atoms with van der Waals surface area (Å²) < 4.78 is 5.32. The predicted molar refractivity (Wildman–Crippen MR) is 117 cm³/mol. The number of nitrogens with one attached hydrogen (secondary N) is 1. The van der Waals surface area contributed by atoms with Gasteiger partial charge in [-0.3, -0.25) is 9.59 Å². The first-order valence-electron chi connectivity index (χ1n) is 10.8. The molecule has 4 aromatic rings. The monoisotopic (exact) mass is 427 g/mol. The topological polar surface area (TPSA) is 105 Å². The molecule has 3 aromatic heterocycles. The Balaban J connectivity index is 1.28. The van der Waals surface area contributed by atoms with Gasteiger partial charge in [0.25, 0.3) is 11.5 Å². The molecule has 0 radical (unpaired) electrons. The van der Waals surface area contributed by atoms with Crippen molar-refractivity contribution in [3.8, 4) is 11.4 Å². The first kappa shape index (κ1) is 18.9. The summed E-state index contributed by atoms with van der Waals surface area (Å²) in [5.41, 5.74) is 2.80. The molecular formula is C24H21N5O3. The standard InChI is InChI=1S/C24H21N5O3/c30-22-17-8-9-24(19(17)26-20(27-22)15-5-2-1-3-6-15)10-13-29(14-11-24)23(31)18-16-7-4-12-25-21(16)28-32-18/h1-7,12H,8-11,13-14H2,(H,26,27,30). The van der Waals surface area contributed by atoms with Crippen molar-refractivity contribution in [2.75, 3.05) is 13.1 Å². The van der Waals surface area contributed by atoms with E-state index in [2.05, 4.69) is 15.1 Å². The van der Waals surface area contributed by atoms with E-state index in [0.29, 0.717) is 29.9 Å². The molecule has 1 amide bonds. The Bertz CT molecular complexity index is 1380. The van der Waals surface area contributed by atoms with Crippen LogP contribution in [0.3, 0.4) is 0 Å². The molecule has 160 valence electrons. The zero-order chi connectivity index (χ0) is 21.7. The highest BCUT2D eigenvalue weighted by molar-refractivity contribution is 6.02. The summed E-state index contributed by atoms with van der Waals surface area (Å²) in [6.07, 6.45) is 4.76. The van der Waals surface area contributed by atoms with Crippen molar-refractivity contribution in [2.45, 2.75) is 31.1 Å². The van der Waals surface area contributed by atoms with Crippen molar-refractivity contribution < 1.29 is 9.32 Å². The van der Waals surface area contributed by atoms with Crippen molar-refractivity contribution in [3.05, 3.63) is 76.0 Å². The highest BCUT2D eigenvalue weighted by Gasteiger charge is 2.45. The first-order valence-corrected chi connectivity index (χ1v) is 10.8. The minimum atomic E-state index is -0.172. The molecule has 0 bridgehead atoms. The quantitative estimate of drug-likeness (QED) is 0.527. The average Bonchev–Trinajstić information content (AvgIpc) is 3.42. The zero-order valence-corrected chi connectivity index (χ0v) is 17.4. The lowest BCUT2D eigenvalue weighted by atomic mass is 9.76. The first-order chi connectivity index (χ1) is 15.6. The molecule has 8 nitrogen and oxygen atoms in total. The van der Waals surface area contributed by atoms with Crippen LogP contribution in [0, 0.1) is 0 Å². The van der Waals surface area contributed by atoms with E-state index in [1.165, 1.54) is 0 Å². The summed E-state index contributed by atoms with van der Waals surface area (Å²) >= 11 is 0. The van der Waals surface area contributed by atoms with Gasteiger partial charge in [0, 0.05) is 35.8 Å². The number of carbonyl (C=O) groups is 1. The van der Waals surface area contributed by atoms with Gasteiger partial charge < -0.3 is 14.4 Å². The second kappa shape index (κ2) is 7.12. The van der Waals surface area contributed by atoms with Gasteiger partial charge in [0.1, 0.15) is 5.82 Å². The molecule has 1 fully saturated rings. The number of fused-ring (bicyclic) bond motifs is 3. The average molecular weight is 427 g/mol. The molecule has 0 saturated carbocycles. The lowest BCUT2D eigenvalue weighted by Gasteiger charge is -2.39. The van der Waals surface area contributed by atoms with E-state index in [1.54, 1.807) is 18.3 Å². The van der Waals surface area contributed by atoms with Crippen LogP contribution in [0.4, 0.5) is 0 Å². The van der Waals surface area contributed by atoms with Crippen LogP contribution in [0.1, 0.15) is 41.1 Å². The number of nitrogens with zero attached hydrogens (tertiary/aromatic N) is 4. The fraction of sp³-hybridized carbons (Fsp3) is 0.292. The summed E-state index contributed by atoms with van der Waals surface area (Å²) in [7, 11) is 0. The fourth-order valence-electron chi connectivity index (χ4n) is 5.09. The third-order valence-electron chi connectivity index (χ3n) is 6.88. The van der Waals surface area contributed by atoms with Gasteiger partial charge in [0.05, 0.1) is 11.1 Å². The number of hydrogen-bond acceptors (Lipinski definition) is 6. The molecule has 1 spiro atoms. The molecule has 32 heavy (non-hydrogen) atoms. The van der Waals surface area contributed by atoms with Crippen LogP contribution < -0.4 is 5.56 Å². The highest BCUT2D eigenvalue weighted by Crippen LogP contribution is 2.44. The number of likely N-dealkylation sites (tertiary alicyclic amines) is 1. The van der Waals surface area contributed by atoms with Crippen LogP contribution >= 0.6 is 0 Å². The van der Waals surface area contributed by atoms with E-state index in [0.717, 1.165) is 42.5 Å². The van der Waals surface area contributed by atoms with Gasteiger partial charge in [-0.1, -0.05) is 35.5 Å². The molecule has 1 N–H and O–H groups in total. The lowest BCUT2D eigenvalue weighted by molar-refractivity contribution is 0.0625. The number of aromatic nitrogens is 4. The predicted octanol–water partition coefficient (Wildman–Crippen LogP) is 3.09. The molecule has 0 atom stereocenters. The Morgan fingerprint density at radius 1 is 1.06 bits per heavy atom.